The van der Waals surface area contributed by atoms with Crippen LogP contribution in [-0.4, -0.2) is 64.0 Å². The number of nitrogens with two attached hydrogens (primary N) is 1. The second-order valence-corrected chi connectivity index (χ2v) is 9.37. The van der Waals surface area contributed by atoms with Crippen LogP contribution in [0.4, 0.5) is 11.8 Å². The monoisotopic (exact) mass is 496 g/mol. The molecule has 1 fully saturated rings. The van der Waals surface area contributed by atoms with E-state index in [-0.39, 0.29) is 31.6 Å². The first-order valence-electron chi connectivity index (χ1n) is 12.3. The zero-order valence-corrected chi connectivity index (χ0v) is 20.9. The summed E-state index contributed by atoms with van der Waals surface area (Å²) in [5, 5.41) is 10.6. The SMILES string of the molecule is CC#CCn1c(N2CCC[C@@H](N)C2)nc2c1C(=O)N(Cc1nc3ccccc3cc1C#N)C(=O)CN2C. The number of para-hydroxylation sites is 1. The number of imide groups is 1. The van der Waals surface area contributed by atoms with Crippen LogP contribution in [0.25, 0.3) is 10.9 Å². The molecule has 5 rings (SSSR count). The average Bonchev–Trinajstić information content (AvgIpc) is 3.25. The third-order valence-corrected chi connectivity index (χ3v) is 6.80. The van der Waals surface area contributed by atoms with Crippen LogP contribution in [0.3, 0.4) is 0 Å². The van der Waals surface area contributed by atoms with Crippen molar-refractivity contribution in [2.24, 2.45) is 5.73 Å². The number of piperidine rings is 1. The van der Waals surface area contributed by atoms with Gasteiger partial charge in [0.1, 0.15) is 6.07 Å². The van der Waals surface area contributed by atoms with Gasteiger partial charge in [-0.3, -0.25) is 19.1 Å². The number of pyridine rings is 1. The van der Waals surface area contributed by atoms with Gasteiger partial charge in [0.2, 0.25) is 11.9 Å². The van der Waals surface area contributed by atoms with Crippen molar-refractivity contribution in [1.82, 2.24) is 19.4 Å². The molecule has 1 aromatic carbocycles. The molecule has 10 heteroatoms. The molecule has 0 spiro atoms. The highest BCUT2D eigenvalue weighted by Crippen LogP contribution is 2.32. The van der Waals surface area contributed by atoms with E-state index < -0.39 is 5.91 Å². The topological polar surface area (TPSA) is 124 Å². The Morgan fingerprint density at radius 3 is 2.78 bits per heavy atom. The molecule has 188 valence electrons. The Morgan fingerprint density at radius 2 is 2.03 bits per heavy atom. The van der Waals surface area contributed by atoms with Crippen LogP contribution < -0.4 is 15.5 Å². The second kappa shape index (κ2) is 9.92. The summed E-state index contributed by atoms with van der Waals surface area (Å²) < 4.78 is 1.79. The molecule has 2 aliphatic rings. The van der Waals surface area contributed by atoms with Crippen LogP contribution in [0.5, 0.6) is 0 Å². The van der Waals surface area contributed by atoms with Gasteiger partial charge in [0.05, 0.1) is 36.4 Å². The highest BCUT2D eigenvalue weighted by atomic mass is 16.2. The van der Waals surface area contributed by atoms with Crippen molar-refractivity contribution in [2.45, 2.75) is 38.9 Å². The van der Waals surface area contributed by atoms with Gasteiger partial charge in [-0.1, -0.05) is 24.1 Å². The number of imidazole rings is 1. The first kappa shape index (κ1) is 24.3. The van der Waals surface area contributed by atoms with Crippen LogP contribution in [-0.2, 0) is 17.9 Å². The van der Waals surface area contributed by atoms with Crippen LogP contribution in [0.15, 0.2) is 30.3 Å². The highest BCUT2D eigenvalue weighted by molar-refractivity contribution is 6.10. The van der Waals surface area contributed by atoms with E-state index in [1.807, 2.05) is 24.3 Å². The number of rotatable bonds is 4. The number of carbonyl (C=O) groups excluding carboxylic acids is 2. The number of hydrogen-bond donors (Lipinski definition) is 1. The van der Waals surface area contributed by atoms with E-state index in [9.17, 15) is 14.9 Å². The predicted molar refractivity (Wildman–Crippen MR) is 140 cm³/mol. The molecule has 0 saturated carbocycles. The lowest BCUT2D eigenvalue weighted by Crippen LogP contribution is -2.44. The number of nitriles is 1. The predicted octanol–water partition coefficient (Wildman–Crippen LogP) is 1.87. The van der Waals surface area contributed by atoms with E-state index >= 15 is 0 Å². The number of anilines is 2. The van der Waals surface area contributed by atoms with Crippen molar-refractivity contribution >= 4 is 34.5 Å². The summed E-state index contributed by atoms with van der Waals surface area (Å²) >= 11 is 0. The zero-order valence-electron chi connectivity index (χ0n) is 20.9. The van der Waals surface area contributed by atoms with Gasteiger partial charge in [-0.25, -0.2) is 4.98 Å². The maximum atomic E-state index is 14.0. The molecule has 1 saturated heterocycles. The van der Waals surface area contributed by atoms with Gasteiger partial charge in [-0.15, -0.1) is 5.92 Å². The fraction of sp³-hybridized carbons (Fsp3) is 0.370. The summed E-state index contributed by atoms with van der Waals surface area (Å²) in [7, 11) is 1.75. The lowest BCUT2D eigenvalue weighted by Gasteiger charge is -2.32. The number of carbonyl (C=O) groups is 2. The first-order valence-corrected chi connectivity index (χ1v) is 12.3. The van der Waals surface area contributed by atoms with Gasteiger partial charge in [0, 0.05) is 31.6 Å². The van der Waals surface area contributed by atoms with E-state index in [1.54, 1.807) is 29.5 Å². The maximum Gasteiger partial charge on any atom is 0.281 e. The number of amides is 2. The van der Waals surface area contributed by atoms with Gasteiger partial charge in [0.15, 0.2) is 11.5 Å². The van der Waals surface area contributed by atoms with Crippen molar-refractivity contribution in [1.29, 1.82) is 5.26 Å². The molecule has 37 heavy (non-hydrogen) atoms. The molecule has 2 N–H and O–H groups in total. The van der Waals surface area contributed by atoms with Crippen LogP contribution in [0.1, 0.15) is 41.5 Å². The minimum atomic E-state index is -0.485. The summed E-state index contributed by atoms with van der Waals surface area (Å²) in [6.07, 6.45) is 1.86. The van der Waals surface area contributed by atoms with Gasteiger partial charge < -0.3 is 15.5 Å². The smallest absolute Gasteiger partial charge is 0.281 e. The van der Waals surface area contributed by atoms with Crippen molar-refractivity contribution in [2.75, 3.05) is 36.5 Å². The van der Waals surface area contributed by atoms with Crippen LogP contribution >= 0.6 is 0 Å². The normalized spacial score (nSPS) is 17.8. The van der Waals surface area contributed by atoms with E-state index in [0.29, 0.717) is 40.8 Å². The molecule has 0 radical (unpaired) electrons. The molecular formula is C27H28N8O2. The largest absolute Gasteiger partial charge is 0.348 e. The number of fused-ring (bicyclic) bond motifs is 2. The third kappa shape index (κ3) is 4.48. The van der Waals surface area contributed by atoms with Crippen molar-refractivity contribution in [3.8, 4) is 17.9 Å². The fourth-order valence-corrected chi connectivity index (χ4v) is 4.93. The van der Waals surface area contributed by atoms with Gasteiger partial charge in [-0.05, 0) is 31.9 Å². The first-order chi connectivity index (χ1) is 17.9. The van der Waals surface area contributed by atoms with Gasteiger partial charge in [0.25, 0.3) is 5.91 Å². The lowest BCUT2D eigenvalue weighted by atomic mass is 10.1. The van der Waals surface area contributed by atoms with Gasteiger partial charge >= 0.3 is 0 Å². The maximum absolute atomic E-state index is 14.0. The van der Waals surface area contributed by atoms with Gasteiger partial charge in [-0.2, -0.15) is 10.2 Å². The molecule has 0 unspecified atom stereocenters. The summed E-state index contributed by atoms with van der Waals surface area (Å²) in [4.78, 5) is 41.7. The Labute approximate surface area is 215 Å². The average molecular weight is 497 g/mol. The Balaban J connectivity index is 1.59. The summed E-state index contributed by atoms with van der Waals surface area (Å²) in [5.41, 5.74) is 7.92. The van der Waals surface area contributed by atoms with Crippen LogP contribution in [0, 0.1) is 23.2 Å². The Bertz CT molecular complexity index is 1490. The van der Waals surface area contributed by atoms with Crippen LogP contribution in [0.2, 0.25) is 0 Å². The van der Waals surface area contributed by atoms with Crippen molar-refractivity contribution in [3.05, 3.63) is 47.3 Å². The number of likely N-dealkylation sites (N-methyl/N-ethyl adjacent to an activating group) is 1. The van der Waals surface area contributed by atoms with E-state index in [1.165, 1.54) is 4.90 Å². The molecule has 0 bridgehead atoms. The number of aromatic nitrogens is 3. The molecule has 0 aliphatic carbocycles. The summed E-state index contributed by atoms with van der Waals surface area (Å²) in [6.45, 7) is 3.24. The van der Waals surface area contributed by atoms with E-state index in [4.69, 9.17) is 10.7 Å². The second-order valence-electron chi connectivity index (χ2n) is 9.37. The highest BCUT2D eigenvalue weighted by Gasteiger charge is 2.38. The van der Waals surface area contributed by atoms with E-state index in [0.717, 1.165) is 24.8 Å². The molecule has 2 aliphatic heterocycles. The van der Waals surface area contributed by atoms with E-state index in [2.05, 4.69) is 27.8 Å². The molecule has 2 aromatic heterocycles. The fourth-order valence-electron chi connectivity index (χ4n) is 4.93. The quantitative estimate of drug-likeness (QED) is 0.429. The number of nitrogens with zero attached hydrogens (tertiary/aromatic N) is 7. The zero-order chi connectivity index (χ0) is 26.1. The van der Waals surface area contributed by atoms with Crippen molar-refractivity contribution in [3.63, 3.8) is 0 Å². The summed E-state index contributed by atoms with van der Waals surface area (Å²) in [5.74, 6) is 6.12. The van der Waals surface area contributed by atoms with Crippen molar-refractivity contribution < 1.29 is 9.59 Å². The number of benzene rings is 1. The molecule has 4 heterocycles. The standard InChI is InChI=1S/C27H28N8O2/c1-3-4-12-34-24-25(31-27(34)33-11-7-9-20(29)15-33)32(2)17-23(36)35(26(24)37)16-22-19(14-28)13-18-8-5-6-10-21(18)30-22/h5-6,8,10,13,20H,7,9,11-12,15-17,29H2,1-2H3/t20-/m1/s1. The molecule has 10 nitrogen and oxygen atoms in total. The number of hydrogen-bond acceptors (Lipinski definition) is 8. The summed E-state index contributed by atoms with van der Waals surface area (Å²) in [6, 6.07) is 11.4. The minimum absolute atomic E-state index is 0.0193. The molecule has 2 amide bonds. The molecular weight excluding hydrogens is 468 g/mol. The third-order valence-electron chi connectivity index (χ3n) is 6.80. The Hall–Kier alpha value is -4.41. The lowest BCUT2D eigenvalue weighted by molar-refractivity contribution is -0.127. The minimum Gasteiger partial charge on any atom is -0.348 e. The Kier molecular flexibility index (Phi) is 6.51. The molecule has 3 aromatic rings. The molecule has 1 atom stereocenters. The Morgan fingerprint density at radius 1 is 1.22 bits per heavy atom.